The Morgan fingerprint density at radius 1 is 1.20 bits per heavy atom. The number of rotatable bonds is 8. The van der Waals surface area contributed by atoms with Gasteiger partial charge in [0.15, 0.2) is 0 Å². The zero-order chi connectivity index (χ0) is 15.8. The molecule has 0 aliphatic rings. The van der Waals surface area contributed by atoms with Crippen LogP contribution in [0.3, 0.4) is 0 Å². The van der Waals surface area contributed by atoms with E-state index in [9.17, 15) is 4.79 Å². The number of carbonyl (C=O) groups is 1. The van der Waals surface area contributed by atoms with Gasteiger partial charge in [-0.05, 0) is 33.6 Å². The van der Waals surface area contributed by atoms with E-state index < -0.39 is 5.60 Å². The van der Waals surface area contributed by atoms with Crippen molar-refractivity contribution in [1.82, 2.24) is 10.2 Å². The number of hydrogen-bond acceptors (Lipinski definition) is 4. The van der Waals surface area contributed by atoms with Gasteiger partial charge in [0.1, 0.15) is 5.60 Å². The van der Waals surface area contributed by atoms with Crippen LogP contribution in [0, 0.1) is 5.92 Å². The van der Waals surface area contributed by atoms with Gasteiger partial charge in [-0.25, -0.2) is 4.79 Å². The fourth-order valence-electron chi connectivity index (χ4n) is 1.49. The molecule has 20 heavy (non-hydrogen) atoms. The summed E-state index contributed by atoms with van der Waals surface area (Å²) in [7, 11) is 1.63. The third-order valence-corrected chi connectivity index (χ3v) is 3.07. The summed E-state index contributed by atoms with van der Waals surface area (Å²) in [5, 5.41) is 3.42. The van der Waals surface area contributed by atoms with Crippen molar-refractivity contribution in [2.75, 3.05) is 33.4 Å². The van der Waals surface area contributed by atoms with Crippen molar-refractivity contribution in [3.8, 4) is 0 Å². The van der Waals surface area contributed by atoms with Crippen molar-refractivity contribution < 1.29 is 14.3 Å². The van der Waals surface area contributed by atoms with Crippen LogP contribution in [0.4, 0.5) is 4.79 Å². The summed E-state index contributed by atoms with van der Waals surface area (Å²) in [6, 6.07) is 0.429. The molecule has 5 heteroatoms. The number of nitrogens with zero attached hydrogens (tertiary/aromatic N) is 1. The van der Waals surface area contributed by atoms with Crippen LogP contribution >= 0.6 is 0 Å². The van der Waals surface area contributed by atoms with Crippen LogP contribution in [-0.2, 0) is 9.47 Å². The summed E-state index contributed by atoms with van der Waals surface area (Å²) in [4.78, 5) is 13.8. The van der Waals surface area contributed by atoms with Gasteiger partial charge in [0.05, 0.1) is 6.61 Å². The lowest BCUT2D eigenvalue weighted by molar-refractivity contribution is 0.0202. The number of ether oxygens (including phenoxy) is 2. The average Bonchev–Trinajstić information content (AvgIpc) is 2.30. The minimum Gasteiger partial charge on any atom is -0.444 e. The molecule has 0 aromatic rings. The second-order valence-electron chi connectivity index (χ2n) is 6.45. The van der Waals surface area contributed by atoms with E-state index in [1.54, 1.807) is 12.0 Å². The molecule has 0 aliphatic carbocycles. The summed E-state index contributed by atoms with van der Waals surface area (Å²) >= 11 is 0. The van der Waals surface area contributed by atoms with E-state index in [-0.39, 0.29) is 6.09 Å². The maximum atomic E-state index is 12.1. The summed E-state index contributed by atoms with van der Waals surface area (Å²) < 4.78 is 10.5. The highest BCUT2D eigenvalue weighted by atomic mass is 16.6. The van der Waals surface area contributed by atoms with Crippen LogP contribution in [0.25, 0.3) is 0 Å². The van der Waals surface area contributed by atoms with Crippen LogP contribution in [0.1, 0.15) is 41.5 Å². The molecule has 5 nitrogen and oxygen atoms in total. The Morgan fingerprint density at radius 2 is 1.80 bits per heavy atom. The highest BCUT2D eigenvalue weighted by molar-refractivity contribution is 5.68. The van der Waals surface area contributed by atoms with E-state index in [4.69, 9.17) is 9.47 Å². The molecule has 0 rings (SSSR count). The second kappa shape index (κ2) is 9.19. The molecule has 1 unspecified atom stereocenters. The van der Waals surface area contributed by atoms with Gasteiger partial charge in [0.25, 0.3) is 0 Å². The number of methoxy groups -OCH3 is 1. The van der Waals surface area contributed by atoms with Gasteiger partial charge >= 0.3 is 6.09 Å². The molecule has 0 fully saturated rings. The normalized spacial score (nSPS) is 13.4. The van der Waals surface area contributed by atoms with Crippen molar-refractivity contribution in [3.63, 3.8) is 0 Å². The largest absolute Gasteiger partial charge is 0.444 e. The minimum absolute atomic E-state index is 0.284. The molecular formula is C15H32N2O3. The third-order valence-electron chi connectivity index (χ3n) is 3.07. The molecule has 1 amide bonds. The van der Waals surface area contributed by atoms with E-state index >= 15 is 0 Å². The molecule has 0 heterocycles. The van der Waals surface area contributed by atoms with Gasteiger partial charge in [-0.1, -0.05) is 13.8 Å². The Hall–Kier alpha value is -0.810. The van der Waals surface area contributed by atoms with Crippen molar-refractivity contribution >= 4 is 6.09 Å². The SMILES string of the molecule is COCCN(CCNC(C)C(C)C)C(=O)OC(C)(C)C. The zero-order valence-corrected chi connectivity index (χ0v) is 14.2. The smallest absolute Gasteiger partial charge is 0.410 e. The lowest BCUT2D eigenvalue weighted by atomic mass is 10.1. The van der Waals surface area contributed by atoms with Crippen LogP contribution in [-0.4, -0.2) is 56.0 Å². The fourth-order valence-corrected chi connectivity index (χ4v) is 1.49. The van der Waals surface area contributed by atoms with Crippen molar-refractivity contribution in [2.24, 2.45) is 5.92 Å². The molecule has 0 bridgehead atoms. The van der Waals surface area contributed by atoms with Crippen LogP contribution in [0.2, 0.25) is 0 Å². The number of nitrogens with one attached hydrogen (secondary N) is 1. The first-order valence-electron chi connectivity index (χ1n) is 7.37. The van der Waals surface area contributed by atoms with E-state index in [1.165, 1.54) is 0 Å². The topological polar surface area (TPSA) is 50.8 Å². The maximum absolute atomic E-state index is 12.1. The van der Waals surface area contributed by atoms with Crippen LogP contribution in [0.5, 0.6) is 0 Å². The van der Waals surface area contributed by atoms with Crippen LogP contribution < -0.4 is 5.32 Å². The molecular weight excluding hydrogens is 256 g/mol. The maximum Gasteiger partial charge on any atom is 0.410 e. The van der Waals surface area contributed by atoms with Crippen molar-refractivity contribution in [2.45, 2.75) is 53.2 Å². The van der Waals surface area contributed by atoms with Gasteiger partial charge in [0, 0.05) is 32.8 Å². The Bertz CT molecular complexity index is 275. The van der Waals surface area contributed by atoms with Crippen LogP contribution in [0.15, 0.2) is 0 Å². The molecule has 0 aromatic carbocycles. The Kier molecular flexibility index (Phi) is 8.81. The van der Waals surface area contributed by atoms with Gasteiger partial charge in [-0.3, -0.25) is 0 Å². The number of carbonyl (C=O) groups excluding carboxylic acids is 1. The zero-order valence-electron chi connectivity index (χ0n) is 14.2. The Morgan fingerprint density at radius 3 is 2.25 bits per heavy atom. The standard InChI is InChI=1S/C15H32N2O3/c1-12(2)13(3)16-8-9-17(10-11-19-7)14(18)20-15(4,5)6/h12-13,16H,8-11H2,1-7H3. The quantitative estimate of drug-likeness (QED) is 0.745. The van der Waals surface area contributed by atoms with Gasteiger partial charge < -0.3 is 19.7 Å². The molecule has 0 aliphatic heterocycles. The van der Waals surface area contributed by atoms with Gasteiger partial charge in [-0.15, -0.1) is 0 Å². The fraction of sp³-hybridized carbons (Fsp3) is 0.933. The molecule has 0 radical (unpaired) electrons. The molecule has 120 valence electrons. The Labute approximate surface area is 124 Å². The second-order valence-corrected chi connectivity index (χ2v) is 6.45. The predicted molar refractivity (Wildman–Crippen MR) is 82.0 cm³/mol. The molecule has 1 atom stereocenters. The first-order valence-corrected chi connectivity index (χ1v) is 7.37. The molecule has 0 saturated heterocycles. The lowest BCUT2D eigenvalue weighted by Gasteiger charge is -2.28. The predicted octanol–water partition coefficient (Wildman–Crippen LogP) is 2.50. The number of amides is 1. The number of hydrogen-bond donors (Lipinski definition) is 1. The molecule has 0 saturated carbocycles. The van der Waals surface area contributed by atoms with Crippen molar-refractivity contribution in [1.29, 1.82) is 0 Å². The summed E-state index contributed by atoms with van der Waals surface area (Å²) in [6.45, 7) is 14.6. The van der Waals surface area contributed by atoms with Gasteiger partial charge in [0.2, 0.25) is 0 Å². The average molecular weight is 288 g/mol. The summed E-state index contributed by atoms with van der Waals surface area (Å²) in [5.41, 5.74) is -0.471. The van der Waals surface area contributed by atoms with E-state index in [0.29, 0.717) is 31.7 Å². The van der Waals surface area contributed by atoms with E-state index in [2.05, 4.69) is 26.1 Å². The van der Waals surface area contributed by atoms with Gasteiger partial charge in [-0.2, -0.15) is 0 Å². The highest BCUT2D eigenvalue weighted by Gasteiger charge is 2.21. The monoisotopic (exact) mass is 288 g/mol. The molecule has 0 spiro atoms. The highest BCUT2D eigenvalue weighted by Crippen LogP contribution is 2.09. The minimum atomic E-state index is -0.471. The summed E-state index contributed by atoms with van der Waals surface area (Å²) in [6.07, 6.45) is -0.284. The molecule has 1 N–H and O–H groups in total. The summed E-state index contributed by atoms with van der Waals surface area (Å²) in [5.74, 6) is 0.573. The third kappa shape index (κ3) is 9.15. The molecule has 0 aromatic heterocycles. The van der Waals surface area contributed by atoms with E-state index in [0.717, 1.165) is 6.54 Å². The first kappa shape index (κ1) is 19.2. The lowest BCUT2D eigenvalue weighted by Crippen LogP contribution is -2.44. The van der Waals surface area contributed by atoms with Crippen molar-refractivity contribution in [3.05, 3.63) is 0 Å². The Balaban J connectivity index is 4.30. The van der Waals surface area contributed by atoms with E-state index in [1.807, 2.05) is 20.8 Å². The first-order chi connectivity index (χ1) is 9.17.